The van der Waals surface area contributed by atoms with Gasteiger partial charge in [-0.15, -0.1) is 6.42 Å². The van der Waals surface area contributed by atoms with Gasteiger partial charge >= 0.3 is 5.97 Å². The van der Waals surface area contributed by atoms with E-state index in [0.29, 0.717) is 12.2 Å². The molecule has 0 aliphatic heterocycles. The lowest BCUT2D eigenvalue weighted by molar-refractivity contribution is -0.141. The van der Waals surface area contributed by atoms with E-state index in [4.69, 9.17) is 11.5 Å². The maximum Gasteiger partial charge on any atom is 0.326 e. The van der Waals surface area contributed by atoms with Crippen LogP contribution in [0.25, 0.3) is 0 Å². The zero-order valence-corrected chi connectivity index (χ0v) is 8.06. The van der Waals surface area contributed by atoms with Crippen LogP contribution in [0.1, 0.15) is 6.42 Å². The van der Waals surface area contributed by atoms with Crippen LogP contribution in [0, 0.1) is 12.3 Å². The second-order valence-corrected chi connectivity index (χ2v) is 3.28. The van der Waals surface area contributed by atoms with E-state index in [9.17, 15) is 9.59 Å². The van der Waals surface area contributed by atoms with Crippen molar-refractivity contribution in [2.45, 2.75) is 12.5 Å². The largest absolute Gasteiger partial charge is 0.480 e. The number of thioether (sulfide) groups is 1. The molecule has 1 amide bonds. The molecule has 0 unspecified atom stereocenters. The van der Waals surface area contributed by atoms with Crippen LogP contribution in [0.4, 0.5) is 0 Å². The van der Waals surface area contributed by atoms with Crippen LogP contribution in [-0.2, 0) is 9.59 Å². The highest BCUT2D eigenvalue weighted by Gasteiger charge is 2.17. The highest BCUT2D eigenvalue weighted by molar-refractivity contribution is 7.98. The number of terminal acetylenes is 1. The lowest BCUT2D eigenvalue weighted by Gasteiger charge is -2.10. The molecule has 0 saturated carbocycles. The Morgan fingerprint density at radius 3 is 2.69 bits per heavy atom. The molecule has 72 valence electrons. The Morgan fingerprint density at radius 2 is 2.31 bits per heavy atom. The van der Waals surface area contributed by atoms with E-state index in [1.807, 2.05) is 6.26 Å². The molecule has 0 rings (SSSR count). The Kier molecular flexibility index (Phi) is 5.81. The summed E-state index contributed by atoms with van der Waals surface area (Å²) in [4.78, 5) is 21.2. The predicted octanol–water partition coefficient (Wildman–Crippen LogP) is -0.0579. The van der Waals surface area contributed by atoms with Gasteiger partial charge in [0.1, 0.15) is 6.04 Å². The van der Waals surface area contributed by atoms with Crippen LogP contribution in [0.15, 0.2) is 0 Å². The summed E-state index contributed by atoms with van der Waals surface area (Å²) in [6.45, 7) is 0. The Morgan fingerprint density at radius 1 is 1.69 bits per heavy atom. The molecule has 13 heavy (non-hydrogen) atoms. The SMILES string of the molecule is C#CC(=O)N[C@@H](CCSC)C(=O)O. The fraction of sp³-hybridized carbons (Fsp3) is 0.500. The highest BCUT2D eigenvalue weighted by atomic mass is 32.2. The third kappa shape index (κ3) is 5.15. The van der Waals surface area contributed by atoms with Crippen LogP contribution in [-0.4, -0.2) is 35.0 Å². The van der Waals surface area contributed by atoms with Gasteiger partial charge in [-0.3, -0.25) is 4.79 Å². The van der Waals surface area contributed by atoms with Crippen molar-refractivity contribution in [3.63, 3.8) is 0 Å². The number of amides is 1. The van der Waals surface area contributed by atoms with Gasteiger partial charge in [-0.2, -0.15) is 11.8 Å². The van der Waals surface area contributed by atoms with Crippen LogP contribution >= 0.6 is 11.8 Å². The van der Waals surface area contributed by atoms with E-state index >= 15 is 0 Å². The van der Waals surface area contributed by atoms with Gasteiger partial charge < -0.3 is 10.4 Å². The molecule has 0 aliphatic rings. The Hall–Kier alpha value is -1.15. The summed E-state index contributed by atoms with van der Waals surface area (Å²) in [6.07, 6.45) is 7.03. The standard InChI is InChI=1S/C8H11NO3S/c1-3-7(10)9-6(8(11)12)4-5-13-2/h1,6H,4-5H2,2H3,(H,9,10)(H,11,12)/t6-/m0/s1. The molecule has 0 heterocycles. The maximum absolute atomic E-state index is 10.7. The van der Waals surface area contributed by atoms with Gasteiger partial charge in [0.05, 0.1) is 0 Å². The number of aliphatic carboxylic acids is 1. The predicted molar refractivity (Wildman–Crippen MR) is 51.4 cm³/mol. The van der Waals surface area contributed by atoms with Gasteiger partial charge in [-0.1, -0.05) is 0 Å². The maximum atomic E-state index is 10.7. The Bertz CT molecular complexity index is 234. The zero-order valence-electron chi connectivity index (χ0n) is 7.24. The second kappa shape index (κ2) is 6.38. The van der Waals surface area contributed by atoms with Crippen LogP contribution in [0.3, 0.4) is 0 Å². The summed E-state index contributed by atoms with van der Waals surface area (Å²) in [5.41, 5.74) is 0. The van der Waals surface area contributed by atoms with E-state index < -0.39 is 17.9 Å². The molecule has 0 aromatic rings. The lowest BCUT2D eigenvalue weighted by atomic mass is 10.2. The van der Waals surface area contributed by atoms with Crippen molar-refractivity contribution >= 4 is 23.6 Å². The van der Waals surface area contributed by atoms with Gasteiger partial charge in [-0.05, 0) is 24.3 Å². The lowest BCUT2D eigenvalue weighted by Crippen LogP contribution is -2.40. The summed E-state index contributed by atoms with van der Waals surface area (Å²) in [5, 5.41) is 10.9. The van der Waals surface area contributed by atoms with E-state index in [2.05, 4.69) is 5.32 Å². The Labute approximate surface area is 81.1 Å². The van der Waals surface area contributed by atoms with Gasteiger partial charge in [0.25, 0.3) is 5.91 Å². The molecule has 0 aromatic carbocycles. The van der Waals surface area contributed by atoms with Crippen LogP contribution in [0.5, 0.6) is 0 Å². The molecule has 0 aliphatic carbocycles. The number of nitrogens with one attached hydrogen (secondary N) is 1. The van der Waals surface area contributed by atoms with Crippen molar-refractivity contribution in [1.29, 1.82) is 0 Å². The highest BCUT2D eigenvalue weighted by Crippen LogP contribution is 2.00. The number of carbonyl (C=O) groups excluding carboxylic acids is 1. The average Bonchev–Trinajstić information content (AvgIpc) is 2.11. The minimum Gasteiger partial charge on any atom is -0.480 e. The molecular weight excluding hydrogens is 190 g/mol. The fourth-order valence-corrected chi connectivity index (χ4v) is 1.16. The molecule has 0 radical (unpaired) electrons. The normalized spacial score (nSPS) is 11.4. The topological polar surface area (TPSA) is 66.4 Å². The van der Waals surface area contributed by atoms with Crippen molar-refractivity contribution in [2.75, 3.05) is 12.0 Å². The van der Waals surface area contributed by atoms with E-state index in [-0.39, 0.29) is 0 Å². The molecule has 0 fully saturated rings. The molecule has 1 atom stereocenters. The number of hydrogen-bond donors (Lipinski definition) is 2. The molecule has 0 aromatic heterocycles. The van der Waals surface area contributed by atoms with E-state index in [1.165, 1.54) is 11.8 Å². The van der Waals surface area contributed by atoms with Crippen molar-refractivity contribution in [3.05, 3.63) is 0 Å². The van der Waals surface area contributed by atoms with Gasteiger partial charge in [0, 0.05) is 0 Å². The first-order valence-corrected chi connectivity index (χ1v) is 5.00. The first-order valence-electron chi connectivity index (χ1n) is 3.60. The summed E-state index contributed by atoms with van der Waals surface area (Å²) >= 11 is 1.52. The van der Waals surface area contributed by atoms with Crippen LogP contribution < -0.4 is 5.32 Å². The first kappa shape index (κ1) is 11.8. The number of rotatable bonds is 5. The first-order chi connectivity index (χ1) is 6.11. The number of carbonyl (C=O) groups is 2. The molecule has 5 heteroatoms. The summed E-state index contributed by atoms with van der Waals surface area (Å²) in [6, 6.07) is -0.879. The second-order valence-electron chi connectivity index (χ2n) is 2.29. The summed E-state index contributed by atoms with van der Waals surface area (Å²) < 4.78 is 0. The Balaban J connectivity index is 4.04. The number of hydrogen-bond acceptors (Lipinski definition) is 3. The van der Waals surface area contributed by atoms with Crippen molar-refractivity contribution in [1.82, 2.24) is 5.32 Å². The average molecular weight is 201 g/mol. The molecular formula is C8H11NO3S. The van der Waals surface area contributed by atoms with Gasteiger partial charge in [-0.25, -0.2) is 4.79 Å². The molecule has 2 N–H and O–H groups in total. The summed E-state index contributed by atoms with van der Waals surface area (Å²) in [7, 11) is 0. The fourth-order valence-electron chi connectivity index (χ4n) is 0.693. The van der Waals surface area contributed by atoms with Crippen molar-refractivity contribution < 1.29 is 14.7 Å². The number of carboxylic acid groups (broad SMARTS) is 1. The monoisotopic (exact) mass is 201 g/mol. The molecule has 4 nitrogen and oxygen atoms in total. The minimum atomic E-state index is -1.06. The smallest absolute Gasteiger partial charge is 0.326 e. The van der Waals surface area contributed by atoms with Crippen LogP contribution in [0.2, 0.25) is 0 Å². The van der Waals surface area contributed by atoms with E-state index in [1.54, 1.807) is 5.92 Å². The third-order valence-electron chi connectivity index (χ3n) is 1.35. The molecule has 0 saturated heterocycles. The van der Waals surface area contributed by atoms with Crippen molar-refractivity contribution in [2.24, 2.45) is 0 Å². The molecule has 0 spiro atoms. The van der Waals surface area contributed by atoms with Gasteiger partial charge in [0.2, 0.25) is 0 Å². The third-order valence-corrected chi connectivity index (χ3v) is 1.99. The number of carboxylic acids is 1. The van der Waals surface area contributed by atoms with Crippen molar-refractivity contribution in [3.8, 4) is 12.3 Å². The quantitative estimate of drug-likeness (QED) is 0.612. The van der Waals surface area contributed by atoms with E-state index in [0.717, 1.165) is 0 Å². The zero-order chi connectivity index (χ0) is 10.3. The molecule has 0 bridgehead atoms. The minimum absolute atomic E-state index is 0.379. The summed E-state index contributed by atoms with van der Waals surface area (Å²) in [5.74, 6) is 0.731. The van der Waals surface area contributed by atoms with Gasteiger partial charge in [0.15, 0.2) is 0 Å².